The molecule has 0 aliphatic carbocycles. The van der Waals surface area contributed by atoms with E-state index in [-0.39, 0.29) is 23.1 Å². The fraction of sp³-hybridized carbons (Fsp3) is 0.692. The predicted octanol–water partition coefficient (Wildman–Crippen LogP) is 2.75. The lowest BCUT2D eigenvalue weighted by Crippen LogP contribution is -2.27. The van der Waals surface area contributed by atoms with Gasteiger partial charge in [0.2, 0.25) is 0 Å². The zero-order valence-corrected chi connectivity index (χ0v) is 10.9. The number of carbonyl (C=O) groups excluding carboxylic acids is 2. The summed E-state index contributed by atoms with van der Waals surface area (Å²) >= 11 is 0. The Morgan fingerprint density at radius 3 is 2.25 bits per heavy atom. The van der Waals surface area contributed by atoms with Crippen molar-refractivity contribution in [1.82, 2.24) is 0 Å². The van der Waals surface area contributed by atoms with Gasteiger partial charge in [0.25, 0.3) is 0 Å². The molecule has 0 saturated heterocycles. The van der Waals surface area contributed by atoms with Crippen LogP contribution in [0, 0.1) is 11.3 Å². The molecule has 0 aliphatic heterocycles. The van der Waals surface area contributed by atoms with Crippen LogP contribution in [-0.2, 0) is 14.3 Å². The molecular weight excluding hydrogens is 204 g/mol. The van der Waals surface area contributed by atoms with E-state index < -0.39 is 0 Å². The van der Waals surface area contributed by atoms with Gasteiger partial charge in [-0.2, -0.15) is 0 Å². The Balaban J connectivity index is 4.52. The van der Waals surface area contributed by atoms with E-state index in [1.807, 2.05) is 27.7 Å². The number of rotatable bonds is 5. The van der Waals surface area contributed by atoms with Gasteiger partial charge in [-0.15, -0.1) is 0 Å². The highest BCUT2D eigenvalue weighted by Gasteiger charge is 2.28. The number of methoxy groups -OCH3 is 1. The van der Waals surface area contributed by atoms with Crippen molar-refractivity contribution < 1.29 is 14.3 Å². The fourth-order valence-electron chi connectivity index (χ4n) is 1.58. The first-order valence-corrected chi connectivity index (χ1v) is 5.60. The maximum Gasteiger partial charge on any atom is 0.330 e. The molecule has 0 spiro atoms. The second-order valence-corrected chi connectivity index (χ2v) is 4.90. The molecule has 1 unspecified atom stereocenters. The van der Waals surface area contributed by atoms with Gasteiger partial charge in [0.1, 0.15) is 5.78 Å². The number of esters is 1. The Morgan fingerprint density at radius 2 is 1.88 bits per heavy atom. The summed E-state index contributed by atoms with van der Waals surface area (Å²) in [5.74, 6) is -0.183. The molecule has 0 saturated carbocycles. The van der Waals surface area contributed by atoms with Crippen LogP contribution in [0.25, 0.3) is 0 Å². The van der Waals surface area contributed by atoms with Crippen molar-refractivity contribution in [3.05, 3.63) is 12.2 Å². The number of Topliss-reactive ketones (excluding diaryl/α,β-unsaturated/α-hetero) is 1. The van der Waals surface area contributed by atoms with Crippen molar-refractivity contribution in [2.24, 2.45) is 11.3 Å². The van der Waals surface area contributed by atoms with Crippen molar-refractivity contribution in [2.75, 3.05) is 7.11 Å². The molecule has 0 aliphatic rings. The maximum atomic E-state index is 11.8. The molecule has 0 bridgehead atoms. The molecule has 0 fully saturated rings. The third-order valence-electron chi connectivity index (χ3n) is 2.61. The van der Waals surface area contributed by atoms with Crippen molar-refractivity contribution in [1.29, 1.82) is 0 Å². The Morgan fingerprint density at radius 1 is 1.31 bits per heavy atom. The molecule has 0 rings (SSSR count). The van der Waals surface area contributed by atoms with E-state index in [4.69, 9.17) is 0 Å². The molecular formula is C13H22O3. The molecule has 0 aromatic carbocycles. The molecule has 0 amide bonds. The SMILES string of the molecule is CCC(=O)C(CC=CC(=O)OC)C(C)(C)C. The van der Waals surface area contributed by atoms with E-state index in [2.05, 4.69) is 4.74 Å². The van der Waals surface area contributed by atoms with Crippen molar-refractivity contribution in [2.45, 2.75) is 40.5 Å². The van der Waals surface area contributed by atoms with Crippen molar-refractivity contribution >= 4 is 11.8 Å². The molecule has 0 aromatic heterocycles. The smallest absolute Gasteiger partial charge is 0.330 e. The number of hydrogen-bond donors (Lipinski definition) is 0. The molecule has 0 heterocycles. The lowest BCUT2D eigenvalue weighted by molar-refractivity contribution is -0.135. The molecule has 0 radical (unpaired) electrons. The standard InChI is InChI=1S/C13H22O3/c1-6-11(14)10(13(2,3)4)8-7-9-12(15)16-5/h7,9-10H,6,8H2,1-5H3. The van der Waals surface area contributed by atoms with Gasteiger partial charge in [-0.05, 0) is 11.8 Å². The number of hydrogen-bond acceptors (Lipinski definition) is 3. The summed E-state index contributed by atoms with van der Waals surface area (Å²) < 4.78 is 4.49. The molecule has 1 atom stereocenters. The first-order valence-electron chi connectivity index (χ1n) is 5.60. The van der Waals surface area contributed by atoms with Crippen LogP contribution in [0.15, 0.2) is 12.2 Å². The Hall–Kier alpha value is -1.12. The minimum Gasteiger partial charge on any atom is -0.466 e. The average Bonchev–Trinajstić information content (AvgIpc) is 2.21. The highest BCUT2D eigenvalue weighted by molar-refractivity contribution is 5.83. The van der Waals surface area contributed by atoms with Gasteiger partial charge in [-0.25, -0.2) is 4.79 Å². The van der Waals surface area contributed by atoms with E-state index in [1.165, 1.54) is 13.2 Å². The van der Waals surface area contributed by atoms with Crippen LogP contribution in [-0.4, -0.2) is 18.9 Å². The van der Waals surface area contributed by atoms with Gasteiger partial charge in [0.05, 0.1) is 7.11 Å². The summed E-state index contributed by atoms with van der Waals surface area (Å²) in [5, 5.41) is 0. The van der Waals surface area contributed by atoms with E-state index in [9.17, 15) is 9.59 Å². The minimum absolute atomic E-state index is 0.0431. The number of carbonyl (C=O) groups is 2. The molecule has 3 heteroatoms. The summed E-state index contributed by atoms with van der Waals surface area (Å²) in [4.78, 5) is 22.6. The van der Waals surface area contributed by atoms with Gasteiger partial charge in [0, 0.05) is 18.4 Å². The van der Waals surface area contributed by atoms with Crippen LogP contribution in [0.3, 0.4) is 0 Å². The number of ketones is 1. The summed E-state index contributed by atoms with van der Waals surface area (Å²) in [7, 11) is 1.34. The largest absolute Gasteiger partial charge is 0.466 e. The van der Waals surface area contributed by atoms with Crippen LogP contribution in [0.1, 0.15) is 40.5 Å². The van der Waals surface area contributed by atoms with Crippen molar-refractivity contribution in [3.8, 4) is 0 Å². The average molecular weight is 226 g/mol. The van der Waals surface area contributed by atoms with Gasteiger partial charge < -0.3 is 4.74 Å². The molecule has 0 aromatic rings. The monoisotopic (exact) mass is 226 g/mol. The predicted molar refractivity (Wildman–Crippen MR) is 64.0 cm³/mol. The first-order chi connectivity index (χ1) is 7.32. The summed E-state index contributed by atoms with van der Waals surface area (Å²) in [6.07, 6.45) is 4.22. The third kappa shape index (κ3) is 5.10. The Labute approximate surface area is 97.9 Å². The van der Waals surface area contributed by atoms with Crippen LogP contribution in [0.2, 0.25) is 0 Å². The van der Waals surface area contributed by atoms with Crippen molar-refractivity contribution in [3.63, 3.8) is 0 Å². The zero-order chi connectivity index (χ0) is 12.8. The highest BCUT2D eigenvalue weighted by atomic mass is 16.5. The van der Waals surface area contributed by atoms with Gasteiger partial charge in [-0.1, -0.05) is 33.8 Å². The normalized spacial score (nSPS) is 13.8. The van der Waals surface area contributed by atoms with E-state index >= 15 is 0 Å². The lowest BCUT2D eigenvalue weighted by Gasteiger charge is -2.28. The topological polar surface area (TPSA) is 43.4 Å². The van der Waals surface area contributed by atoms with Crippen LogP contribution in [0.4, 0.5) is 0 Å². The third-order valence-corrected chi connectivity index (χ3v) is 2.61. The second kappa shape index (κ2) is 6.46. The molecule has 0 N–H and O–H groups in total. The highest BCUT2D eigenvalue weighted by Crippen LogP contribution is 2.30. The Bertz CT molecular complexity index is 271. The summed E-state index contributed by atoms with van der Waals surface area (Å²) in [6.45, 7) is 7.98. The van der Waals surface area contributed by atoms with E-state index in [1.54, 1.807) is 6.08 Å². The maximum absolute atomic E-state index is 11.8. The van der Waals surface area contributed by atoms with Crippen LogP contribution in [0.5, 0.6) is 0 Å². The van der Waals surface area contributed by atoms with Crippen LogP contribution < -0.4 is 0 Å². The summed E-state index contributed by atoms with van der Waals surface area (Å²) in [6, 6.07) is 0. The zero-order valence-electron chi connectivity index (χ0n) is 10.9. The summed E-state index contributed by atoms with van der Waals surface area (Å²) in [5.41, 5.74) is -0.0758. The first kappa shape index (κ1) is 14.9. The van der Waals surface area contributed by atoms with Gasteiger partial charge in [0.15, 0.2) is 0 Å². The Kier molecular flexibility index (Phi) is 6.01. The molecule has 3 nitrogen and oxygen atoms in total. The fourth-order valence-corrected chi connectivity index (χ4v) is 1.58. The number of ether oxygens (including phenoxy) is 1. The lowest BCUT2D eigenvalue weighted by atomic mass is 9.75. The number of allylic oxidation sites excluding steroid dienone is 1. The molecule has 16 heavy (non-hydrogen) atoms. The van der Waals surface area contributed by atoms with Gasteiger partial charge >= 0.3 is 5.97 Å². The second-order valence-electron chi connectivity index (χ2n) is 4.90. The van der Waals surface area contributed by atoms with Gasteiger partial charge in [-0.3, -0.25) is 4.79 Å². The quantitative estimate of drug-likeness (QED) is 0.535. The van der Waals surface area contributed by atoms with Crippen LogP contribution >= 0.6 is 0 Å². The van der Waals surface area contributed by atoms with E-state index in [0.717, 1.165) is 0 Å². The minimum atomic E-state index is -0.378. The van der Waals surface area contributed by atoms with E-state index in [0.29, 0.717) is 12.8 Å². The molecule has 92 valence electrons.